The first kappa shape index (κ1) is 15.7. The van der Waals surface area contributed by atoms with Gasteiger partial charge in [0.05, 0.1) is 11.9 Å². The summed E-state index contributed by atoms with van der Waals surface area (Å²) in [7, 11) is 0. The molecule has 122 valence electrons. The number of likely N-dealkylation sites (tertiary alicyclic amines) is 1. The first-order valence-corrected chi connectivity index (χ1v) is 8.10. The molecule has 2 aromatic rings. The number of hydrogen-bond donors (Lipinski definition) is 1. The second kappa shape index (κ2) is 6.50. The molecule has 0 aliphatic carbocycles. The average Bonchev–Trinajstić information content (AvgIpc) is 3.04. The second-order valence-electron chi connectivity index (χ2n) is 6.31. The van der Waals surface area contributed by atoms with Gasteiger partial charge < -0.3 is 10.6 Å². The highest BCUT2D eigenvalue weighted by Crippen LogP contribution is 2.24. The predicted molar refractivity (Wildman–Crippen MR) is 88.4 cm³/mol. The Morgan fingerprint density at radius 1 is 1.43 bits per heavy atom. The van der Waals surface area contributed by atoms with Crippen LogP contribution in [0.3, 0.4) is 0 Å². The molecule has 0 saturated carbocycles. The molecule has 1 fully saturated rings. The molecule has 2 atom stereocenters. The summed E-state index contributed by atoms with van der Waals surface area (Å²) < 4.78 is 1.64. The fraction of sp³-hybridized carbons (Fsp3) is 0.471. The number of piperidine rings is 1. The topological polar surface area (TPSA) is 77.0 Å². The highest BCUT2D eigenvalue weighted by Gasteiger charge is 2.32. The Morgan fingerprint density at radius 2 is 2.26 bits per heavy atom. The predicted octanol–water partition coefficient (Wildman–Crippen LogP) is 1.78. The number of aromatic nitrogens is 3. The summed E-state index contributed by atoms with van der Waals surface area (Å²) in [4.78, 5) is 14.6. The van der Waals surface area contributed by atoms with Crippen molar-refractivity contribution in [2.75, 3.05) is 13.1 Å². The second-order valence-corrected chi connectivity index (χ2v) is 6.31. The molecule has 0 radical (unpaired) electrons. The van der Waals surface area contributed by atoms with Crippen molar-refractivity contribution in [1.29, 1.82) is 0 Å². The zero-order chi connectivity index (χ0) is 16.4. The highest BCUT2D eigenvalue weighted by atomic mass is 16.2. The molecule has 1 aromatic heterocycles. The van der Waals surface area contributed by atoms with E-state index >= 15 is 0 Å². The smallest absolute Gasteiger partial charge is 0.276 e. The van der Waals surface area contributed by atoms with Gasteiger partial charge in [-0.2, -0.15) is 0 Å². The van der Waals surface area contributed by atoms with Gasteiger partial charge in [-0.05, 0) is 43.4 Å². The first-order chi connectivity index (χ1) is 11.1. The number of carbonyl (C=O) groups is 1. The number of benzene rings is 1. The Kier molecular flexibility index (Phi) is 4.43. The van der Waals surface area contributed by atoms with Crippen molar-refractivity contribution in [2.24, 2.45) is 11.7 Å². The number of aryl methyl sites for hydroxylation is 1. The van der Waals surface area contributed by atoms with E-state index in [9.17, 15) is 4.79 Å². The van der Waals surface area contributed by atoms with Gasteiger partial charge in [0, 0.05) is 19.1 Å². The molecule has 0 unspecified atom stereocenters. The number of hydrogen-bond acceptors (Lipinski definition) is 4. The van der Waals surface area contributed by atoms with E-state index in [0.717, 1.165) is 30.6 Å². The van der Waals surface area contributed by atoms with Crippen molar-refractivity contribution in [3.8, 4) is 5.69 Å². The van der Waals surface area contributed by atoms with Crippen LogP contribution >= 0.6 is 0 Å². The minimum absolute atomic E-state index is 0.0779. The number of amides is 1. The summed E-state index contributed by atoms with van der Waals surface area (Å²) in [5.41, 5.74) is 8.29. The molecule has 3 rings (SSSR count). The monoisotopic (exact) mass is 313 g/mol. The van der Waals surface area contributed by atoms with Crippen LogP contribution in [0.4, 0.5) is 0 Å². The third-order valence-corrected chi connectivity index (χ3v) is 4.60. The number of nitrogens with zero attached hydrogens (tertiary/aromatic N) is 4. The van der Waals surface area contributed by atoms with Gasteiger partial charge >= 0.3 is 0 Å². The number of nitrogens with two attached hydrogens (primary N) is 1. The molecule has 1 aliphatic heterocycles. The molecule has 0 bridgehead atoms. The summed E-state index contributed by atoms with van der Waals surface area (Å²) in [5.74, 6) is 0.343. The van der Waals surface area contributed by atoms with Crippen LogP contribution in [0.1, 0.15) is 35.8 Å². The lowest BCUT2D eigenvalue weighted by atomic mass is 9.90. The van der Waals surface area contributed by atoms with Crippen molar-refractivity contribution >= 4 is 5.91 Å². The van der Waals surface area contributed by atoms with Crippen molar-refractivity contribution in [2.45, 2.75) is 32.7 Å². The van der Waals surface area contributed by atoms with Crippen LogP contribution < -0.4 is 5.73 Å². The van der Waals surface area contributed by atoms with E-state index in [1.807, 2.05) is 36.1 Å². The van der Waals surface area contributed by atoms with Gasteiger partial charge in [0.1, 0.15) is 0 Å². The number of carbonyl (C=O) groups excluding carboxylic acids is 1. The zero-order valence-corrected chi connectivity index (χ0v) is 13.6. The van der Waals surface area contributed by atoms with Crippen LogP contribution in [0.15, 0.2) is 30.5 Å². The third kappa shape index (κ3) is 3.12. The minimum Gasteiger partial charge on any atom is -0.333 e. The summed E-state index contributed by atoms with van der Waals surface area (Å²) in [6.45, 7) is 5.40. The number of rotatable bonds is 3. The van der Waals surface area contributed by atoms with Crippen LogP contribution in [0.25, 0.3) is 5.69 Å². The molecular formula is C17H23N5O. The maximum absolute atomic E-state index is 12.8. The normalized spacial score (nSPS) is 21.4. The van der Waals surface area contributed by atoms with E-state index in [2.05, 4.69) is 17.2 Å². The maximum Gasteiger partial charge on any atom is 0.276 e. The van der Waals surface area contributed by atoms with Crippen LogP contribution in [0.5, 0.6) is 0 Å². The fourth-order valence-electron chi connectivity index (χ4n) is 3.27. The Morgan fingerprint density at radius 3 is 3.00 bits per heavy atom. The molecule has 2 N–H and O–H groups in total. The van der Waals surface area contributed by atoms with Crippen LogP contribution in [-0.4, -0.2) is 44.9 Å². The summed E-state index contributed by atoms with van der Waals surface area (Å²) in [5, 5.41) is 8.17. The summed E-state index contributed by atoms with van der Waals surface area (Å²) >= 11 is 0. The lowest BCUT2D eigenvalue weighted by Crippen LogP contribution is -2.51. The van der Waals surface area contributed by atoms with E-state index in [1.54, 1.807) is 10.9 Å². The Bertz CT molecular complexity index is 696. The van der Waals surface area contributed by atoms with E-state index in [-0.39, 0.29) is 11.9 Å². The zero-order valence-electron chi connectivity index (χ0n) is 13.6. The van der Waals surface area contributed by atoms with Crippen molar-refractivity contribution in [3.63, 3.8) is 0 Å². The summed E-state index contributed by atoms with van der Waals surface area (Å²) in [6, 6.07) is 8.02. The average molecular weight is 313 g/mol. The van der Waals surface area contributed by atoms with E-state index in [4.69, 9.17) is 5.73 Å². The first-order valence-electron chi connectivity index (χ1n) is 8.10. The lowest BCUT2D eigenvalue weighted by Gasteiger charge is -2.39. The third-order valence-electron chi connectivity index (χ3n) is 4.60. The van der Waals surface area contributed by atoms with Gasteiger partial charge in [-0.15, -0.1) is 5.10 Å². The highest BCUT2D eigenvalue weighted by molar-refractivity contribution is 5.92. The van der Waals surface area contributed by atoms with E-state index < -0.39 is 0 Å². The molecule has 6 nitrogen and oxygen atoms in total. The molecule has 6 heteroatoms. The quantitative estimate of drug-likeness (QED) is 0.937. The van der Waals surface area contributed by atoms with Gasteiger partial charge in [-0.3, -0.25) is 4.79 Å². The standard InChI is InChI=1S/C17H23N5O/c1-12-5-3-7-14(9-12)22-11-15(19-20-22)17(23)21-8-4-6-13(2)16(21)10-18/h3,5,7,9,11,13,16H,4,6,8,10,18H2,1-2H3/t13-,16+/m0/s1. The molecular weight excluding hydrogens is 290 g/mol. The van der Waals surface area contributed by atoms with Crippen LogP contribution in [0, 0.1) is 12.8 Å². The van der Waals surface area contributed by atoms with Gasteiger partial charge in [0.2, 0.25) is 0 Å². The van der Waals surface area contributed by atoms with Gasteiger partial charge in [0.15, 0.2) is 5.69 Å². The van der Waals surface area contributed by atoms with Crippen LogP contribution in [-0.2, 0) is 0 Å². The molecule has 1 amide bonds. The molecule has 1 aliphatic rings. The Labute approximate surface area is 136 Å². The molecule has 1 aromatic carbocycles. The Balaban J connectivity index is 1.83. The van der Waals surface area contributed by atoms with Gasteiger partial charge in [-0.25, -0.2) is 4.68 Å². The van der Waals surface area contributed by atoms with Crippen molar-refractivity contribution in [1.82, 2.24) is 19.9 Å². The fourth-order valence-corrected chi connectivity index (χ4v) is 3.27. The molecule has 0 spiro atoms. The van der Waals surface area contributed by atoms with Gasteiger partial charge in [-0.1, -0.05) is 24.3 Å². The lowest BCUT2D eigenvalue weighted by molar-refractivity contribution is 0.0526. The van der Waals surface area contributed by atoms with E-state index in [1.165, 1.54) is 0 Å². The largest absolute Gasteiger partial charge is 0.333 e. The maximum atomic E-state index is 12.8. The Hall–Kier alpha value is -2.21. The van der Waals surface area contributed by atoms with E-state index in [0.29, 0.717) is 18.2 Å². The minimum atomic E-state index is -0.0779. The SMILES string of the molecule is Cc1cccc(-n2cc(C(=O)N3CCC[C@H](C)[C@H]3CN)nn2)c1. The van der Waals surface area contributed by atoms with Crippen molar-refractivity contribution in [3.05, 3.63) is 41.7 Å². The van der Waals surface area contributed by atoms with Crippen LogP contribution in [0.2, 0.25) is 0 Å². The van der Waals surface area contributed by atoms with Crippen molar-refractivity contribution < 1.29 is 4.79 Å². The summed E-state index contributed by atoms with van der Waals surface area (Å²) in [6.07, 6.45) is 3.82. The molecule has 2 heterocycles. The molecule has 23 heavy (non-hydrogen) atoms. The molecule has 1 saturated heterocycles. The van der Waals surface area contributed by atoms with Gasteiger partial charge in [0.25, 0.3) is 5.91 Å².